The zero-order valence-corrected chi connectivity index (χ0v) is 13.1. The van der Waals surface area contributed by atoms with E-state index < -0.39 is 5.63 Å². The molecule has 0 spiro atoms. The van der Waals surface area contributed by atoms with Crippen molar-refractivity contribution >= 4 is 34.1 Å². The third-order valence-electron chi connectivity index (χ3n) is 3.07. The van der Waals surface area contributed by atoms with Crippen molar-refractivity contribution in [1.82, 2.24) is 4.98 Å². The zero-order chi connectivity index (χ0) is 15.7. The van der Waals surface area contributed by atoms with Crippen LogP contribution in [-0.2, 0) is 0 Å². The van der Waals surface area contributed by atoms with Crippen molar-refractivity contribution in [2.24, 2.45) is 0 Å². The highest BCUT2D eigenvalue weighted by Crippen LogP contribution is 2.37. The van der Waals surface area contributed by atoms with Crippen LogP contribution in [0.1, 0.15) is 6.92 Å². The summed E-state index contributed by atoms with van der Waals surface area (Å²) in [5, 5.41) is 1.10. The average molecular weight is 336 g/mol. The van der Waals surface area contributed by atoms with Crippen LogP contribution in [0.4, 0.5) is 0 Å². The fraction of sp³-hybridized carbons (Fsp3) is 0.125. The average Bonchev–Trinajstić information content (AvgIpc) is 2.50. The van der Waals surface area contributed by atoms with E-state index in [0.717, 1.165) is 0 Å². The van der Waals surface area contributed by atoms with Gasteiger partial charge in [-0.15, -0.1) is 0 Å². The first-order valence-corrected chi connectivity index (χ1v) is 7.38. The van der Waals surface area contributed by atoms with E-state index >= 15 is 0 Å². The molecule has 0 amide bonds. The van der Waals surface area contributed by atoms with Crippen LogP contribution in [0.15, 0.2) is 45.6 Å². The van der Waals surface area contributed by atoms with E-state index in [1.165, 1.54) is 0 Å². The van der Waals surface area contributed by atoms with Gasteiger partial charge in [-0.1, -0.05) is 35.3 Å². The summed E-state index contributed by atoms with van der Waals surface area (Å²) in [4.78, 5) is 16.4. The van der Waals surface area contributed by atoms with Crippen molar-refractivity contribution in [2.75, 3.05) is 6.61 Å². The summed E-state index contributed by atoms with van der Waals surface area (Å²) >= 11 is 12.3. The summed E-state index contributed by atoms with van der Waals surface area (Å²) in [6.07, 6.45) is 0. The highest BCUT2D eigenvalue weighted by molar-refractivity contribution is 6.37. The molecule has 3 rings (SSSR count). The van der Waals surface area contributed by atoms with Gasteiger partial charge in [0.15, 0.2) is 5.75 Å². The Morgan fingerprint density at radius 3 is 2.55 bits per heavy atom. The molecule has 1 aromatic heterocycles. The number of fused-ring (bicyclic) bond motifs is 1. The largest absolute Gasteiger partial charge is 0.491 e. The molecule has 0 unspecified atom stereocenters. The number of aromatic nitrogens is 1. The Labute approximate surface area is 136 Å². The molecule has 22 heavy (non-hydrogen) atoms. The van der Waals surface area contributed by atoms with Crippen molar-refractivity contribution in [3.8, 4) is 17.2 Å². The first kappa shape index (κ1) is 14.9. The van der Waals surface area contributed by atoms with Gasteiger partial charge in [-0.3, -0.25) is 0 Å². The number of benzene rings is 2. The fourth-order valence-electron chi connectivity index (χ4n) is 2.11. The third-order valence-corrected chi connectivity index (χ3v) is 3.63. The van der Waals surface area contributed by atoms with E-state index in [2.05, 4.69) is 4.98 Å². The van der Waals surface area contributed by atoms with Crippen LogP contribution in [0.25, 0.3) is 22.4 Å². The number of hydrogen-bond acceptors (Lipinski definition) is 4. The van der Waals surface area contributed by atoms with Gasteiger partial charge in [-0.25, -0.2) is 9.78 Å². The highest BCUT2D eigenvalue weighted by Gasteiger charge is 2.14. The molecule has 0 aliphatic rings. The maximum atomic E-state index is 12.0. The van der Waals surface area contributed by atoms with Crippen LogP contribution in [0.5, 0.6) is 5.75 Å². The maximum absolute atomic E-state index is 12.0. The monoisotopic (exact) mass is 335 g/mol. The summed E-state index contributed by atoms with van der Waals surface area (Å²) < 4.78 is 10.6. The van der Waals surface area contributed by atoms with E-state index in [9.17, 15) is 4.79 Å². The van der Waals surface area contributed by atoms with E-state index in [0.29, 0.717) is 38.9 Å². The molecule has 0 bridgehead atoms. The van der Waals surface area contributed by atoms with Crippen LogP contribution >= 0.6 is 23.2 Å². The van der Waals surface area contributed by atoms with Gasteiger partial charge in [0.1, 0.15) is 0 Å². The van der Waals surface area contributed by atoms with Crippen molar-refractivity contribution in [3.63, 3.8) is 0 Å². The number of rotatable bonds is 3. The number of ether oxygens (including phenoxy) is 1. The highest BCUT2D eigenvalue weighted by atomic mass is 35.5. The lowest BCUT2D eigenvalue weighted by molar-refractivity contribution is 0.340. The van der Waals surface area contributed by atoms with Gasteiger partial charge in [-0.05, 0) is 31.2 Å². The molecule has 0 aliphatic heterocycles. The van der Waals surface area contributed by atoms with Crippen molar-refractivity contribution in [3.05, 3.63) is 56.9 Å². The van der Waals surface area contributed by atoms with Crippen LogP contribution in [0, 0.1) is 0 Å². The molecule has 4 nitrogen and oxygen atoms in total. The predicted octanol–water partition coefficient (Wildman–Crippen LogP) is 4.56. The minimum atomic E-state index is -0.457. The Balaban J connectivity index is 2.17. The minimum absolute atomic E-state index is 0.163. The minimum Gasteiger partial charge on any atom is -0.491 e. The van der Waals surface area contributed by atoms with E-state index in [1.807, 2.05) is 6.92 Å². The van der Waals surface area contributed by atoms with Gasteiger partial charge in [0, 0.05) is 5.56 Å². The molecule has 112 valence electrons. The molecule has 0 saturated heterocycles. The molecule has 0 radical (unpaired) electrons. The van der Waals surface area contributed by atoms with Gasteiger partial charge in [0.25, 0.3) is 0 Å². The lowest BCUT2D eigenvalue weighted by Crippen LogP contribution is -2.03. The first-order chi connectivity index (χ1) is 10.6. The Hall–Kier alpha value is -2.04. The summed E-state index contributed by atoms with van der Waals surface area (Å²) in [6.45, 7) is 2.28. The Kier molecular flexibility index (Phi) is 4.05. The smallest absolute Gasteiger partial charge is 0.347 e. The molecule has 2 aromatic carbocycles. The second kappa shape index (κ2) is 5.99. The quantitative estimate of drug-likeness (QED) is 0.703. The van der Waals surface area contributed by atoms with E-state index in [-0.39, 0.29) is 5.89 Å². The standard InChI is InChI=1S/C16H11Cl2NO3/c1-2-21-14-11(17)7-9(8-12(14)18)15-19-13-6-4-3-5-10(13)16(20)22-15/h3-8H,2H2,1H3. The molecule has 3 aromatic rings. The van der Waals surface area contributed by atoms with Crippen LogP contribution in [0.2, 0.25) is 10.0 Å². The van der Waals surface area contributed by atoms with Crippen molar-refractivity contribution in [1.29, 1.82) is 0 Å². The predicted molar refractivity (Wildman–Crippen MR) is 86.9 cm³/mol. The Bertz CT molecular complexity index is 882. The third kappa shape index (κ3) is 2.67. The summed E-state index contributed by atoms with van der Waals surface area (Å²) in [7, 11) is 0. The number of hydrogen-bond donors (Lipinski definition) is 0. The Morgan fingerprint density at radius 2 is 1.86 bits per heavy atom. The molecule has 0 saturated carbocycles. The van der Waals surface area contributed by atoms with Gasteiger partial charge < -0.3 is 9.15 Å². The second-order valence-corrected chi connectivity index (χ2v) is 5.34. The maximum Gasteiger partial charge on any atom is 0.347 e. The molecular weight excluding hydrogens is 325 g/mol. The van der Waals surface area contributed by atoms with Crippen molar-refractivity contribution in [2.45, 2.75) is 6.92 Å². The summed E-state index contributed by atoms with van der Waals surface area (Å²) in [5.74, 6) is 0.563. The Morgan fingerprint density at radius 1 is 1.18 bits per heavy atom. The fourth-order valence-corrected chi connectivity index (χ4v) is 2.70. The van der Waals surface area contributed by atoms with E-state index in [4.69, 9.17) is 32.4 Å². The van der Waals surface area contributed by atoms with Gasteiger partial charge in [-0.2, -0.15) is 0 Å². The van der Waals surface area contributed by atoms with Gasteiger partial charge in [0.2, 0.25) is 5.89 Å². The topological polar surface area (TPSA) is 52.3 Å². The summed E-state index contributed by atoms with van der Waals surface area (Å²) in [5.41, 5.74) is 0.609. The molecule has 0 atom stereocenters. The number of halogens is 2. The number of para-hydroxylation sites is 1. The van der Waals surface area contributed by atoms with Crippen LogP contribution < -0.4 is 10.4 Å². The second-order valence-electron chi connectivity index (χ2n) is 4.53. The molecule has 6 heteroatoms. The van der Waals surface area contributed by atoms with Gasteiger partial charge >= 0.3 is 5.63 Å². The SMILES string of the molecule is CCOc1c(Cl)cc(-c2nc3ccccc3c(=O)o2)cc1Cl. The molecule has 0 N–H and O–H groups in total. The normalized spacial score (nSPS) is 10.9. The molecular formula is C16H11Cl2NO3. The molecule has 0 aliphatic carbocycles. The molecule has 1 heterocycles. The van der Waals surface area contributed by atoms with Gasteiger partial charge in [0.05, 0.1) is 27.6 Å². The lowest BCUT2D eigenvalue weighted by atomic mass is 10.2. The summed E-state index contributed by atoms with van der Waals surface area (Å²) in [6, 6.07) is 10.2. The number of nitrogens with zero attached hydrogens (tertiary/aromatic N) is 1. The zero-order valence-electron chi connectivity index (χ0n) is 11.6. The molecule has 0 fully saturated rings. The van der Waals surface area contributed by atoms with Crippen molar-refractivity contribution < 1.29 is 9.15 Å². The van der Waals surface area contributed by atoms with Crippen LogP contribution in [0.3, 0.4) is 0 Å². The lowest BCUT2D eigenvalue weighted by Gasteiger charge is -2.09. The van der Waals surface area contributed by atoms with E-state index in [1.54, 1.807) is 36.4 Å². The first-order valence-electron chi connectivity index (χ1n) is 6.62. The van der Waals surface area contributed by atoms with Crippen LogP contribution in [-0.4, -0.2) is 11.6 Å².